The minimum atomic E-state index is -0.293. The zero-order chi connectivity index (χ0) is 22.1. The quantitative estimate of drug-likeness (QED) is 0.566. The number of aryl methyl sites for hydroxylation is 1. The molecule has 1 aromatic carbocycles. The molecule has 2 aromatic heterocycles. The van der Waals surface area contributed by atoms with Crippen LogP contribution in [0.5, 0.6) is 5.75 Å². The first-order valence-electron chi connectivity index (χ1n) is 11.1. The highest BCUT2D eigenvalue weighted by molar-refractivity contribution is 7.21. The Bertz CT molecular complexity index is 1170. The molecule has 2 fully saturated rings. The summed E-state index contributed by atoms with van der Waals surface area (Å²) >= 11 is 1.39. The maximum absolute atomic E-state index is 13.3. The van der Waals surface area contributed by atoms with E-state index in [1.165, 1.54) is 11.3 Å². The van der Waals surface area contributed by atoms with Gasteiger partial charge >= 0.3 is 0 Å². The third-order valence-corrected chi connectivity index (χ3v) is 7.17. The van der Waals surface area contributed by atoms with Gasteiger partial charge in [-0.25, -0.2) is 9.97 Å². The lowest BCUT2D eigenvalue weighted by Crippen LogP contribution is -2.38. The summed E-state index contributed by atoms with van der Waals surface area (Å²) in [5.74, 6) is 1.41. The highest BCUT2D eigenvalue weighted by Crippen LogP contribution is 2.32. The normalized spacial score (nSPS) is 19.5. The maximum Gasteiger partial charge on any atom is 0.281 e. The number of Topliss-reactive ketones (excluding diaryl/α,β-unsaturated/α-hetero) is 1. The molecule has 0 amide bonds. The molecule has 4 heterocycles. The van der Waals surface area contributed by atoms with E-state index in [1.807, 2.05) is 42.2 Å². The Morgan fingerprint density at radius 1 is 1.19 bits per heavy atom. The Hall–Kier alpha value is -2.78. The topological polar surface area (TPSA) is 86.6 Å². The smallest absolute Gasteiger partial charge is 0.281 e. The summed E-state index contributed by atoms with van der Waals surface area (Å²) in [5.41, 5.74) is 0.289. The molecule has 8 nitrogen and oxygen atoms in total. The van der Waals surface area contributed by atoms with E-state index in [1.54, 1.807) is 4.57 Å². The van der Waals surface area contributed by atoms with Gasteiger partial charge in [-0.05, 0) is 44.7 Å². The van der Waals surface area contributed by atoms with Crippen LogP contribution in [-0.4, -0.2) is 52.7 Å². The molecule has 5 rings (SSSR count). The first kappa shape index (κ1) is 21.1. The number of aromatic nitrogens is 3. The zero-order valence-corrected chi connectivity index (χ0v) is 18.8. The molecule has 0 aliphatic carbocycles. The lowest BCUT2D eigenvalue weighted by Gasteiger charge is -2.25. The van der Waals surface area contributed by atoms with Gasteiger partial charge in [0.05, 0.1) is 6.04 Å². The van der Waals surface area contributed by atoms with Crippen LogP contribution in [0.3, 0.4) is 0 Å². The Morgan fingerprint density at radius 2 is 1.97 bits per heavy atom. The zero-order valence-electron chi connectivity index (χ0n) is 18.0. The maximum atomic E-state index is 13.3. The molecule has 0 radical (unpaired) electrons. The first-order chi connectivity index (χ1) is 15.6. The van der Waals surface area contributed by atoms with Crippen LogP contribution in [0.1, 0.15) is 37.5 Å². The standard InChI is InChI=1S/C23H26N4O4S/c1-15-24-21-20(22(29)27(15)16-9-12-30-13-10-16)25-23(32-21)26-11-5-8-18(26)19(28)14-31-17-6-3-2-4-7-17/h2-4,6-7,16,18H,5,8-14H2,1H3/t18-/m1/s1. The Kier molecular flexibility index (Phi) is 5.93. The van der Waals surface area contributed by atoms with Gasteiger partial charge in [-0.15, -0.1) is 0 Å². The SMILES string of the molecule is Cc1nc2sc(N3CCC[C@@H]3C(=O)COc3ccccc3)nc2c(=O)n1C1CCOCC1. The summed E-state index contributed by atoms with van der Waals surface area (Å²) in [7, 11) is 0. The van der Waals surface area contributed by atoms with E-state index in [-0.39, 0.29) is 30.0 Å². The van der Waals surface area contributed by atoms with Crippen LogP contribution in [0.15, 0.2) is 35.1 Å². The predicted molar refractivity (Wildman–Crippen MR) is 123 cm³/mol. The molecule has 2 aliphatic rings. The number of ketones is 1. The third-order valence-electron chi connectivity index (χ3n) is 6.18. The minimum Gasteiger partial charge on any atom is -0.486 e. The van der Waals surface area contributed by atoms with Crippen LogP contribution in [0, 0.1) is 6.92 Å². The van der Waals surface area contributed by atoms with Crippen molar-refractivity contribution in [3.63, 3.8) is 0 Å². The summed E-state index contributed by atoms with van der Waals surface area (Å²) in [4.78, 5) is 38.2. The van der Waals surface area contributed by atoms with Crippen molar-refractivity contribution in [3.8, 4) is 5.75 Å². The number of benzene rings is 1. The van der Waals surface area contributed by atoms with Crippen molar-refractivity contribution in [3.05, 3.63) is 46.5 Å². The van der Waals surface area contributed by atoms with E-state index in [9.17, 15) is 9.59 Å². The molecule has 0 bridgehead atoms. The van der Waals surface area contributed by atoms with E-state index < -0.39 is 0 Å². The number of para-hydroxylation sites is 1. The van der Waals surface area contributed by atoms with Crippen LogP contribution in [0.4, 0.5) is 5.13 Å². The van der Waals surface area contributed by atoms with Gasteiger partial charge in [-0.1, -0.05) is 29.5 Å². The van der Waals surface area contributed by atoms with Gasteiger partial charge in [0, 0.05) is 25.8 Å². The molecule has 0 spiro atoms. The molecular formula is C23H26N4O4S. The number of rotatable bonds is 6. The van der Waals surface area contributed by atoms with E-state index in [2.05, 4.69) is 4.98 Å². The number of thiazole rings is 1. The number of hydrogen-bond acceptors (Lipinski definition) is 8. The second kappa shape index (κ2) is 8.99. The van der Waals surface area contributed by atoms with Crippen molar-refractivity contribution in [1.82, 2.24) is 14.5 Å². The molecule has 1 atom stereocenters. The van der Waals surface area contributed by atoms with Crippen LogP contribution in [0.2, 0.25) is 0 Å². The van der Waals surface area contributed by atoms with Gasteiger partial charge in [0.2, 0.25) is 0 Å². The third kappa shape index (κ3) is 4.02. The van der Waals surface area contributed by atoms with Gasteiger partial charge in [0.1, 0.15) is 18.2 Å². The first-order valence-corrected chi connectivity index (χ1v) is 11.9. The summed E-state index contributed by atoms with van der Waals surface area (Å²) in [6.45, 7) is 3.93. The Labute approximate surface area is 189 Å². The van der Waals surface area contributed by atoms with Crippen LogP contribution < -0.4 is 15.2 Å². The van der Waals surface area contributed by atoms with Crippen molar-refractivity contribution < 1.29 is 14.3 Å². The number of nitrogens with zero attached hydrogens (tertiary/aromatic N) is 4. The van der Waals surface area contributed by atoms with E-state index >= 15 is 0 Å². The van der Waals surface area contributed by atoms with Crippen LogP contribution >= 0.6 is 11.3 Å². The second-order valence-corrected chi connectivity index (χ2v) is 9.20. The number of carbonyl (C=O) groups excluding carboxylic acids is 1. The highest BCUT2D eigenvalue weighted by Gasteiger charge is 2.33. The molecule has 0 unspecified atom stereocenters. The van der Waals surface area contributed by atoms with Crippen molar-refractivity contribution in [2.24, 2.45) is 0 Å². The fourth-order valence-electron chi connectivity index (χ4n) is 4.57. The van der Waals surface area contributed by atoms with E-state index in [0.29, 0.717) is 40.3 Å². The Morgan fingerprint density at radius 3 is 2.75 bits per heavy atom. The average molecular weight is 455 g/mol. The molecule has 0 N–H and O–H groups in total. The minimum absolute atomic E-state index is 0.0178. The van der Waals surface area contributed by atoms with Gasteiger partial charge in [-0.2, -0.15) is 0 Å². The fourth-order valence-corrected chi connectivity index (χ4v) is 5.63. The molecule has 32 heavy (non-hydrogen) atoms. The number of fused-ring (bicyclic) bond motifs is 1. The van der Waals surface area contributed by atoms with Gasteiger partial charge < -0.3 is 14.4 Å². The van der Waals surface area contributed by atoms with Gasteiger partial charge in [0.15, 0.2) is 21.3 Å². The molecular weight excluding hydrogens is 428 g/mol. The Balaban J connectivity index is 1.39. The van der Waals surface area contributed by atoms with E-state index in [4.69, 9.17) is 14.5 Å². The van der Waals surface area contributed by atoms with Crippen molar-refractivity contribution in [2.75, 3.05) is 31.3 Å². The molecule has 9 heteroatoms. The lowest BCUT2D eigenvalue weighted by molar-refractivity contribution is -0.122. The average Bonchev–Trinajstić information content (AvgIpc) is 3.46. The number of hydrogen-bond donors (Lipinski definition) is 0. The molecule has 168 valence electrons. The molecule has 3 aromatic rings. The van der Waals surface area contributed by atoms with Crippen molar-refractivity contribution in [1.29, 1.82) is 0 Å². The largest absolute Gasteiger partial charge is 0.486 e. The van der Waals surface area contributed by atoms with Crippen molar-refractivity contribution >= 4 is 32.6 Å². The monoisotopic (exact) mass is 454 g/mol. The van der Waals surface area contributed by atoms with E-state index in [0.717, 1.165) is 32.2 Å². The molecule has 2 saturated heterocycles. The van der Waals surface area contributed by atoms with Crippen LogP contribution in [0.25, 0.3) is 10.3 Å². The molecule has 2 aliphatic heterocycles. The summed E-state index contributed by atoms with van der Waals surface area (Å²) in [6.07, 6.45) is 3.26. The summed E-state index contributed by atoms with van der Waals surface area (Å²) in [5, 5.41) is 0.685. The fraction of sp³-hybridized carbons (Fsp3) is 0.478. The molecule has 0 saturated carbocycles. The number of anilines is 1. The summed E-state index contributed by atoms with van der Waals surface area (Å²) in [6, 6.07) is 9.14. The highest BCUT2D eigenvalue weighted by atomic mass is 32.1. The second-order valence-electron chi connectivity index (χ2n) is 8.25. The van der Waals surface area contributed by atoms with Gasteiger partial charge in [0.25, 0.3) is 5.56 Å². The van der Waals surface area contributed by atoms with Crippen molar-refractivity contribution in [2.45, 2.75) is 44.7 Å². The van der Waals surface area contributed by atoms with Crippen LogP contribution in [-0.2, 0) is 9.53 Å². The lowest BCUT2D eigenvalue weighted by atomic mass is 10.1. The number of ether oxygens (including phenoxy) is 2. The number of carbonyl (C=O) groups is 1. The summed E-state index contributed by atoms with van der Waals surface area (Å²) < 4.78 is 12.9. The van der Waals surface area contributed by atoms with Gasteiger partial charge in [-0.3, -0.25) is 14.2 Å². The predicted octanol–water partition coefficient (Wildman–Crippen LogP) is 3.13.